The Bertz CT molecular complexity index is 1810. The number of carboxylic acids is 2. The third kappa shape index (κ3) is 5.67. The number of hydrogen-bond donors (Lipinski definition) is 2. The number of hydrogen-bond acceptors (Lipinski definition) is 7. The Balaban J connectivity index is 0.00000401. The van der Waals surface area contributed by atoms with Gasteiger partial charge in [-0.25, -0.2) is 4.79 Å². The fourth-order valence-electron chi connectivity index (χ4n) is 7.70. The summed E-state index contributed by atoms with van der Waals surface area (Å²) in [4.78, 5) is 25.6. The van der Waals surface area contributed by atoms with E-state index < -0.39 is 35.8 Å². The number of carbonyl (C=O) groups is 2. The number of benzene rings is 4. The van der Waals surface area contributed by atoms with Crippen LogP contribution in [0.5, 0.6) is 28.7 Å². The molecule has 1 heterocycles. The van der Waals surface area contributed by atoms with Crippen LogP contribution in [0.3, 0.4) is 0 Å². The number of fused-ring (bicyclic) bond motifs is 3. The van der Waals surface area contributed by atoms with E-state index in [1.807, 2.05) is 43.3 Å². The van der Waals surface area contributed by atoms with Gasteiger partial charge in [-0.05, 0) is 89.4 Å². The van der Waals surface area contributed by atoms with Gasteiger partial charge in [-0.2, -0.15) is 0 Å². The van der Waals surface area contributed by atoms with E-state index in [1.165, 1.54) is 18.2 Å². The van der Waals surface area contributed by atoms with Gasteiger partial charge in [-0.15, -0.1) is 0 Å². The SMILES string of the molecule is CCCOc1ccc2c(c1)C(c1ccc(OC)cc1OCC(=O)O)C(C(=O)O)C2(c1ccc2c(c1)CCC2)c1ccc2c(c1)OCO2.[Na]. The minimum Gasteiger partial charge on any atom is -0.497 e. The third-order valence-electron chi connectivity index (χ3n) is 9.61. The minimum atomic E-state index is -1.18. The summed E-state index contributed by atoms with van der Waals surface area (Å²) in [7, 11) is 1.51. The summed E-state index contributed by atoms with van der Waals surface area (Å²) in [5.41, 5.74) is 5.03. The van der Waals surface area contributed by atoms with E-state index in [-0.39, 0.29) is 42.1 Å². The molecule has 48 heavy (non-hydrogen) atoms. The van der Waals surface area contributed by atoms with E-state index in [1.54, 1.807) is 18.2 Å². The predicted octanol–water partition coefficient (Wildman–Crippen LogP) is 5.96. The first-order valence-electron chi connectivity index (χ1n) is 15.9. The van der Waals surface area contributed by atoms with Gasteiger partial charge in [-0.3, -0.25) is 4.79 Å². The summed E-state index contributed by atoms with van der Waals surface area (Å²) in [6, 6.07) is 23.0. The quantitative estimate of drug-likeness (QED) is 0.188. The van der Waals surface area contributed by atoms with Crippen LogP contribution >= 0.6 is 0 Å². The summed E-state index contributed by atoms with van der Waals surface area (Å²) < 4.78 is 28.9. The molecule has 0 bridgehead atoms. The molecule has 1 aliphatic heterocycles. The van der Waals surface area contributed by atoms with E-state index in [2.05, 4.69) is 18.2 Å². The fourth-order valence-corrected chi connectivity index (χ4v) is 7.70. The Labute approximate surface area is 301 Å². The zero-order chi connectivity index (χ0) is 32.7. The molecule has 9 nitrogen and oxygen atoms in total. The molecule has 2 aliphatic carbocycles. The molecule has 3 atom stereocenters. The van der Waals surface area contributed by atoms with Gasteiger partial charge in [0.2, 0.25) is 6.79 Å². The molecule has 10 heteroatoms. The molecule has 243 valence electrons. The van der Waals surface area contributed by atoms with Crippen molar-refractivity contribution in [2.24, 2.45) is 5.92 Å². The second-order valence-electron chi connectivity index (χ2n) is 12.2. The van der Waals surface area contributed by atoms with Gasteiger partial charge in [0.05, 0.1) is 25.0 Å². The van der Waals surface area contributed by atoms with Gasteiger partial charge in [-0.1, -0.05) is 43.3 Å². The first-order valence-corrected chi connectivity index (χ1v) is 15.9. The average Bonchev–Trinajstić information content (AvgIpc) is 3.82. The number of aryl methyl sites for hydroxylation is 2. The second-order valence-corrected chi connectivity index (χ2v) is 12.2. The average molecular weight is 660 g/mol. The van der Waals surface area contributed by atoms with Crippen LogP contribution in [-0.2, 0) is 27.8 Å². The first-order chi connectivity index (χ1) is 22.8. The van der Waals surface area contributed by atoms with Gasteiger partial charge >= 0.3 is 11.9 Å². The maximum absolute atomic E-state index is 14.0. The van der Waals surface area contributed by atoms with Crippen LogP contribution in [0, 0.1) is 5.92 Å². The Morgan fingerprint density at radius 2 is 1.58 bits per heavy atom. The van der Waals surface area contributed by atoms with Crippen molar-refractivity contribution in [2.75, 3.05) is 27.1 Å². The van der Waals surface area contributed by atoms with Gasteiger partial charge < -0.3 is 33.9 Å². The van der Waals surface area contributed by atoms with E-state index in [0.29, 0.717) is 35.2 Å². The second kappa shape index (κ2) is 13.7. The Hall–Kier alpha value is -4.18. The summed E-state index contributed by atoms with van der Waals surface area (Å²) in [5.74, 6) is -1.54. The fraction of sp³-hybridized carbons (Fsp3) is 0.316. The number of carboxylic acid groups (broad SMARTS) is 2. The molecule has 2 N–H and O–H groups in total. The van der Waals surface area contributed by atoms with E-state index in [0.717, 1.165) is 47.9 Å². The summed E-state index contributed by atoms with van der Waals surface area (Å²) >= 11 is 0. The van der Waals surface area contributed by atoms with Gasteiger partial charge in [0.15, 0.2) is 18.1 Å². The molecule has 0 amide bonds. The zero-order valence-corrected chi connectivity index (χ0v) is 29.3. The molecule has 7 rings (SSSR count). The van der Waals surface area contributed by atoms with E-state index in [9.17, 15) is 19.8 Å². The van der Waals surface area contributed by atoms with Crippen molar-refractivity contribution in [2.45, 2.75) is 43.9 Å². The van der Waals surface area contributed by atoms with Gasteiger partial charge in [0.1, 0.15) is 17.2 Å². The topological polar surface area (TPSA) is 121 Å². The van der Waals surface area contributed by atoms with Crippen molar-refractivity contribution in [3.63, 3.8) is 0 Å². The molecular formula is C38H36NaO9. The summed E-state index contributed by atoms with van der Waals surface area (Å²) in [5, 5.41) is 21.0. The first kappa shape index (κ1) is 33.7. The van der Waals surface area contributed by atoms with Crippen molar-refractivity contribution < 1.29 is 43.5 Å². The van der Waals surface area contributed by atoms with Crippen molar-refractivity contribution in [1.82, 2.24) is 0 Å². The Kier molecular flexibility index (Phi) is 9.65. The van der Waals surface area contributed by atoms with Crippen LogP contribution in [0.1, 0.15) is 64.6 Å². The molecule has 4 aromatic carbocycles. The predicted molar refractivity (Wildman–Crippen MR) is 178 cm³/mol. The van der Waals surface area contributed by atoms with Gasteiger partial charge in [0.25, 0.3) is 0 Å². The number of ether oxygens (including phenoxy) is 5. The smallest absolute Gasteiger partial charge is 0.341 e. The molecule has 0 spiro atoms. The molecule has 3 unspecified atom stereocenters. The van der Waals surface area contributed by atoms with Gasteiger partial charge in [0, 0.05) is 47.1 Å². The molecule has 0 saturated carbocycles. The van der Waals surface area contributed by atoms with Crippen LogP contribution in [-0.4, -0.2) is 78.8 Å². The largest absolute Gasteiger partial charge is 0.497 e. The van der Waals surface area contributed by atoms with Crippen molar-refractivity contribution >= 4 is 41.5 Å². The molecule has 1 radical (unpaired) electrons. The van der Waals surface area contributed by atoms with Crippen LogP contribution < -0.4 is 23.7 Å². The van der Waals surface area contributed by atoms with E-state index in [4.69, 9.17) is 23.7 Å². The number of methoxy groups -OCH3 is 1. The van der Waals surface area contributed by atoms with E-state index >= 15 is 0 Å². The monoisotopic (exact) mass is 659 g/mol. The molecule has 4 aromatic rings. The molecule has 0 saturated heterocycles. The summed E-state index contributed by atoms with van der Waals surface area (Å²) in [6.07, 6.45) is 3.76. The Morgan fingerprint density at radius 3 is 2.35 bits per heavy atom. The number of aliphatic carboxylic acids is 2. The molecular weight excluding hydrogens is 623 g/mol. The summed E-state index contributed by atoms with van der Waals surface area (Å²) in [6.45, 7) is 2.01. The molecule has 0 aromatic heterocycles. The zero-order valence-electron chi connectivity index (χ0n) is 27.3. The molecule has 3 aliphatic rings. The van der Waals surface area contributed by atoms with Crippen molar-refractivity contribution in [3.05, 3.63) is 112 Å². The molecule has 0 fully saturated rings. The maximum atomic E-state index is 14.0. The maximum Gasteiger partial charge on any atom is 0.341 e. The Morgan fingerprint density at radius 1 is 0.833 bits per heavy atom. The van der Waals surface area contributed by atoms with Crippen LogP contribution in [0.15, 0.2) is 72.8 Å². The minimum absolute atomic E-state index is 0. The van der Waals surface area contributed by atoms with Crippen LogP contribution in [0.25, 0.3) is 0 Å². The van der Waals surface area contributed by atoms with Crippen LogP contribution in [0.2, 0.25) is 0 Å². The van der Waals surface area contributed by atoms with Crippen molar-refractivity contribution in [3.8, 4) is 28.7 Å². The standard InChI is InChI=1S/C38H36O9.Na/c1-3-15-44-27-11-13-30-29(18-27)35(28-12-10-26(43-2)19-32(28)45-20-34(39)40)36(37(41)42)38(30,24-8-7-22-5-4-6-23(22)16-24)25-9-14-31-33(17-25)47-21-46-31;/h7-14,16-19,35-36H,3-6,15,20-21H2,1-2H3,(H,39,40)(H,41,42);. The van der Waals surface area contributed by atoms with Crippen molar-refractivity contribution in [1.29, 1.82) is 0 Å². The van der Waals surface area contributed by atoms with Crippen LogP contribution in [0.4, 0.5) is 0 Å². The normalized spacial score (nSPS) is 20.0. The number of rotatable bonds is 11. The third-order valence-corrected chi connectivity index (χ3v) is 9.61.